The molecule has 0 unspecified atom stereocenters. The number of allylic oxidation sites excluding steroid dienone is 1. The summed E-state index contributed by atoms with van der Waals surface area (Å²) >= 11 is 0. The Bertz CT molecular complexity index is 1230. The predicted molar refractivity (Wildman–Crippen MR) is 143 cm³/mol. The molecule has 0 aliphatic heterocycles. The molecule has 2 N–H and O–H groups in total. The van der Waals surface area contributed by atoms with Gasteiger partial charge in [-0.15, -0.1) is 0 Å². The van der Waals surface area contributed by atoms with Gasteiger partial charge < -0.3 is 15.5 Å². The van der Waals surface area contributed by atoms with Crippen LogP contribution in [0.15, 0.2) is 66.9 Å². The number of aromatic nitrogens is 2. The smallest absolute Gasteiger partial charge is 0.276 e. The number of nitrogens with one attached hydrogen (secondary N) is 2. The fraction of sp³-hybridized carbons (Fsp3) is 0.333. The summed E-state index contributed by atoms with van der Waals surface area (Å²) in [5, 5.41) is 19.1. The molecule has 1 aromatic heterocycles. The minimum atomic E-state index is -0.368. The molecule has 1 fully saturated rings. The number of rotatable bonds is 9. The van der Waals surface area contributed by atoms with Gasteiger partial charge in [-0.1, -0.05) is 30.8 Å². The summed E-state index contributed by atoms with van der Waals surface area (Å²) in [6.45, 7) is 4.88. The minimum absolute atomic E-state index is 0.0930. The van der Waals surface area contributed by atoms with Gasteiger partial charge in [0.25, 0.3) is 5.69 Å². The summed E-state index contributed by atoms with van der Waals surface area (Å²) in [6.07, 6.45) is 7.84. The average molecular weight is 473 g/mol. The lowest BCUT2D eigenvalue weighted by Gasteiger charge is -2.29. The third kappa shape index (κ3) is 6.15. The number of benzene rings is 2. The lowest BCUT2D eigenvalue weighted by molar-refractivity contribution is -0.385. The van der Waals surface area contributed by atoms with Gasteiger partial charge >= 0.3 is 0 Å². The SMILES string of the molecule is C=C(/C=C/c1ccccc1[N+](=O)[O-])NCC1CCC(Nc2nc(N(C)C)c3ccccc3n2)CC1. The Labute approximate surface area is 205 Å². The van der Waals surface area contributed by atoms with Gasteiger partial charge in [-0.2, -0.15) is 4.98 Å². The summed E-state index contributed by atoms with van der Waals surface area (Å²) < 4.78 is 0. The van der Waals surface area contributed by atoms with E-state index in [1.54, 1.807) is 30.4 Å². The highest BCUT2D eigenvalue weighted by Gasteiger charge is 2.22. The lowest BCUT2D eigenvalue weighted by atomic mass is 9.86. The van der Waals surface area contributed by atoms with Crippen molar-refractivity contribution in [2.24, 2.45) is 5.92 Å². The first-order chi connectivity index (χ1) is 16.9. The van der Waals surface area contributed by atoms with E-state index in [4.69, 9.17) is 9.97 Å². The zero-order valence-corrected chi connectivity index (χ0v) is 20.3. The number of fused-ring (bicyclic) bond motifs is 1. The minimum Gasteiger partial charge on any atom is -0.385 e. The predicted octanol–water partition coefficient (Wildman–Crippen LogP) is 5.39. The third-order valence-corrected chi connectivity index (χ3v) is 6.40. The van der Waals surface area contributed by atoms with E-state index in [-0.39, 0.29) is 10.6 Å². The van der Waals surface area contributed by atoms with Crippen LogP contribution in [0.1, 0.15) is 31.2 Å². The summed E-state index contributed by atoms with van der Waals surface area (Å²) in [6, 6.07) is 15.1. The first-order valence-electron chi connectivity index (χ1n) is 12.0. The number of hydrogen-bond acceptors (Lipinski definition) is 7. The third-order valence-electron chi connectivity index (χ3n) is 6.40. The Morgan fingerprint density at radius 1 is 1.11 bits per heavy atom. The van der Waals surface area contributed by atoms with Gasteiger partial charge in [0.1, 0.15) is 5.82 Å². The number of nitro benzene ring substituents is 1. The van der Waals surface area contributed by atoms with Gasteiger partial charge in [0.15, 0.2) is 0 Å². The molecule has 0 spiro atoms. The van der Waals surface area contributed by atoms with Gasteiger partial charge in [0, 0.05) is 43.8 Å². The van der Waals surface area contributed by atoms with E-state index in [1.165, 1.54) is 6.07 Å². The number of hydrogen-bond donors (Lipinski definition) is 2. The molecule has 35 heavy (non-hydrogen) atoms. The van der Waals surface area contributed by atoms with Crippen molar-refractivity contribution in [2.45, 2.75) is 31.7 Å². The number of nitro groups is 1. The number of anilines is 2. The number of para-hydroxylation sites is 2. The molecule has 0 amide bonds. The monoisotopic (exact) mass is 472 g/mol. The van der Waals surface area contributed by atoms with Crippen LogP contribution in [0, 0.1) is 16.0 Å². The summed E-state index contributed by atoms with van der Waals surface area (Å²) in [5.41, 5.74) is 2.36. The Balaban J connectivity index is 1.27. The molecule has 2 aromatic carbocycles. The quantitative estimate of drug-likeness (QED) is 0.245. The largest absolute Gasteiger partial charge is 0.385 e. The van der Waals surface area contributed by atoms with Crippen molar-refractivity contribution in [3.63, 3.8) is 0 Å². The van der Waals surface area contributed by atoms with Gasteiger partial charge in [0.05, 0.1) is 16.0 Å². The van der Waals surface area contributed by atoms with Gasteiger partial charge in [-0.3, -0.25) is 10.1 Å². The zero-order valence-electron chi connectivity index (χ0n) is 20.3. The van der Waals surface area contributed by atoms with Crippen molar-refractivity contribution in [1.29, 1.82) is 0 Å². The number of nitrogens with zero attached hydrogens (tertiary/aromatic N) is 4. The lowest BCUT2D eigenvalue weighted by Crippen LogP contribution is -2.31. The van der Waals surface area contributed by atoms with Gasteiger partial charge in [-0.05, 0) is 62.0 Å². The van der Waals surface area contributed by atoms with E-state index in [1.807, 2.05) is 37.2 Å². The van der Waals surface area contributed by atoms with Crippen molar-refractivity contribution in [3.05, 3.63) is 82.6 Å². The average Bonchev–Trinajstić information content (AvgIpc) is 2.86. The Morgan fingerprint density at radius 3 is 2.57 bits per heavy atom. The first kappa shape index (κ1) is 24.2. The topological polar surface area (TPSA) is 96.2 Å². The van der Waals surface area contributed by atoms with Crippen LogP contribution in [-0.4, -0.2) is 41.6 Å². The van der Waals surface area contributed by atoms with Crippen LogP contribution in [0.2, 0.25) is 0 Å². The molecular weight excluding hydrogens is 440 g/mol. The molecule has 182 valence electrons. The van der Waals surface area contributed by atoms with E-state index >= 15 is 0 Å². The fourth-order valence-electron chi connectivity index (χ4n) is 4.48. The van der Waals surface area contributed by atoms with Crippen molar-refractivity contribution in [1.82, 2.24) is 15.3 Å². The van der Waals surface area contributed by atoms with E-state index in [0.29, 0.717) is 23.5 Å². The summed E-state index contributed by atoms with van der Waals surface area (Å²) in [4.78, 5) is 22.3. The standard InChI is InChI=1S/C27H32N6O2/c1-19(12-15-21-8-4-7-11-25(21)33(34)35)28-18-20-13-16-22(17-14-20)29-27-30-24-10-6-5-9-23(24)26(31-27)32(2)3/h4-12,15,20,22,28H,1,13-14,16-18H2,2-3H3,(H,29,30,31)/b15-12+. The van der Waals surface area contributed by atoms with Crippen molar-refractivity contribution in [3.8, 4) is 0 Å². The molecule has 0 bridgehead atoms. The maximum Gasteiger partial charge on any atom is 0.276 e. The highest BCUT2D eigenvalue weighted by molar-refractivity contribution is 5.90. The molecular formula is C27H32N6O2. The van der Waals surface area contributed by atoms with Crippen LogP contribution in [0.3, 0.4) is 0 Å². The second kappa shape index (κ2) is 11.0. The van der Waals surface area contributed by atoms with Crippen LogP contribution in [0.5, 0.6) is 0 Å². The van der Waals surface area contributed by atoms with E-state index < -0.39 is 0 Å². The Morgan fingerprint density at radius 2 is 1.83 bits per heavy atom. The van der Waals surface area contributed by atoms with Crippen molar-refractivity contribution in [2.75, 3.05) is 30.9 Å². The van der Waals surface area contributed by atoms with Crippen LogP contribution in [0.25, 0.3) is 17.0 Å². The molecule has 4 rings (SSSR count). The Hall–Kier alpha value is -3.94. The maximum absolute atomic E-state index is 11.2. The van der Waals surface area contributed by atoms with Gasteiger partial charge in [0.2, 0.25) is 5.95 Å². The highest BCUT2D eigenvalue weighted by Crippen LogP contribution is 2.28. The Kier molecular flexibility index (Phi) is 7.60. The zero-order chi connectivity index (χ0) is 24.8. The molecule has 0 atom stereocenters. The molecule has 1 aliphatic carbocycles. The van der Waals surface area contributed by atoms with Gasteiger partial charge in [-0.25, -0.2) is 4.98 Å². The van der Waals surface area contributed by atoms with Crippen LogP contribution in [-0.2, 0) is 0 Å². The second-order valence-electron chi connectivity index (χ2n) is 9.20. The van der Waals surface area contributed by atoms with Crippen molar-refractivity contribution >= 4 is 34.4 Å². The molecule has 0 radical (unpaired) electrons. The summed E-state index contributed by atoms with van der Waals surface area (Å²) in [5.74, 6) is 2.16. The van der Waals surface area contributed by atoms with Crippen LogP contribution in [0.4, 0.5) is 17.5 Å². The molecule has 1 saturated carbocycles. The molecule has 3 aromatic rings. The van der Waals surface area contributed by atoms with Crippen molar-refractivity contribution < 1.29 is 4.92 Å². The highest BCUT2D eigenvalue weighted by atomic mass is 16.6. The summed E-state index contributed by atoms with van der Waals surface area (Å²) in [7, 11) is 4.00. The molecule has 0 saturated heterocycles. The van der Waals surface area contributed by atoms with Crippen LogP contribution >= 0.6 is 0 Å². The van der Waals surface area contributed by atoms with E-state index in [2.05, 4.69) is 23.3 Å². The first-order valence-corrected chi connectivity index (χ1v) is 12.0. The molecule has 8 nitrogen and oxygen atoms in total. The second-order valence-corrected chi connectivity index (χ2v) is 9.20. The molecule has 1 heterocycles. The van der Waals surface area contributed by atoms with E-state index in [0.717, 1.165) is 54.6 Å². The fourth-order valence-corrected chi connectivity index (χ4v) is 4.48. The van der Waals surface area contributed by atoms with Crippen LogP contribution < -0.4 is 15.5 Å². The maximum atomic E-state index is 11.2. The normalized spacial score (nSPS) is 17.9. The molecule has 8 heteroatoms. The van der Waals surface area contributed by atoms with E-state index in [9.17, 15) is 10.1 Å². The molecule has 1 aliphatic rings.